The molecule has 0 aromatic heterocycles. The van der Waals surface area contributed by atoms with E-state index < -0.39 is 18.0 Å². The molecule has 1 aromatic rings. The van der Waals surface area contributed by atoms with Gasteiger partial charge < -0.3 is 18.9 Å². The second kappa shape index (κ2) is 9.93. The Kier molecular flexibility index (Phi) is 7.31. The first-order valence-electron chi connectivity index (χ1n) is 10.3. The van der Waals surface area contributed by atoms with E-state index in [0.717, 1.165) is 24.8 Å². The van der Waals surface area contributed by atoms with Gasteiger partial charge in [0, 0.05) is 6.92 Å². The van der Waals surface area contributed by atoms with Crippen molar-refractivity contribution in [2.75, 3.05) is 20.8 Å². The van der Waals surface area contributed by atoms with Crippen molar-refractivity contribution in [3.05, 3.63) is 23.8 Å². The van der Waals surface area contributed by atoms with Gasteiger partial charge >= 0.3 is 5.97 Å². The number of nitrogens with zero attached hydrogens (tertiary/aromatic N) is 1. The normalized spacial score (nSPS) is 24.1. The maximum atomic E-state index is 12.7. The minimum Gasteiger partial charge on any atom is -0.493 e. The second-order valence-corrected chi connectivity index (χ2v) is 7.60. The van der Waals surface area contributed by atoms with E-state index in [4.69, 9.17) is 18.9 Å². The molecule has 1 unspecified atom stereocenters. The zero-order valence-electron chi connectivity index (χ0n) is 17.7. The first kappa shape index (κ1) is 22.1. The fourth-order valence-electron chi connectivity index (χ4n) is 4.19. The van der Waals surface area contributed by atoms with Crippen molar-refractivity contribution in [1.29, 1.82) is 0 Å². The summed E-state index contributed by atoms with van der Waals surface area (Å²) in [7, 11) is 3.19. The molecule has 2 aliphatic rings. The number of carbonyl (C=O) groups is 3. The summed E-state index contributed by atoms with van der Waals surface area (Å²) in [6.07, 6.45) is 2.75. The number of carbonyl (C=O) groups excluding carboxylic acids is 3. The lowest BCUT2D eigenvalue weighted by molar-refractivity contribution is -0.158. The summed E-state index contributed by atoms with van der Waals surface area (Å²) in [6.45, 7) is 1.70. The largest absolute Gasteiger partial charge is 0.493 e. The highest BCUT2D eigenvalue weighted by molar-refractivity contribution is 6.06. The molecule has 1 aliphatic heterocycles. The van der Waals surface area contributed by atoms with Crippen molar-refractivity contribution in [2.24, 2.45) is 0 Å². The molecule has 0 N–H and O–H groups in total. The molecule has 8 heteroatoms. The molecule has 1 saturated carbocycles. The van der Waals surface area contributed by atoms with E-state index in [-0.39, 0.29) is 24.5 Å². The number of likely N-dealkylation sites (tertiary alicyclic amines) is 1. The Balaban J connectivity index is 1.62. The number of rotatable bonds is 8. The highest BCUT2D eigenvalue weighted by Crippen LogP contribution is 2.31. The van der Waals surface area contributed by atoms with Crippen molar-refractivity contribution >= 4 is 17.8 Å². The van der Waals surface area contributed by atoms with E-state index in [1.807, 2.05) is 18.2 Å². The number of hydrogen-bond donors (Lipinski definition) is 0. The van der Waals surface area contributed by atoms with E-state index in [0.29, 0.717) is 30.9 Å². The van der Waals surface area contributed by atoms with Crippen molar-refractivity contribution in [2.45, 2.75) is 63.7 Å². The Hall–Kier alpha value is -2.61. The molecule has 8 nitrogen and oxygen atoms in total. The van der Waals surface area contributed by atoms with Crippen LogP contribution in [0.5, 0.6) is 11.5 Å². The molecule has 3 atom stereocenters. The molecule has 1 aromatic carbocycles. The van der Waals surface area contributed by atoms with Gasteiger partial charge in [0.15, 0.2) is 17.6 Å². The highest BCUT2D eigenvalue weighted by atomic mass is 16.5. The van der Waals surface area contributed by atoms with E-state index in [1.165, 1.54) is 11.8 Å². The summed E-state index contributed by atoms with van der Waals surface area (Å²) in [4.78, 5) is 37.6. The van der Waals surface area contributed by atoms with Gasteiger partial charge in [-0.25, -0.2) is 0 Å². The third kappa shape index (κ3) is 4.92. The molecule has 1 heterocycles. The Morgan fingerprint density at radius 3 is 2.53 bits per heavy atom. The van der Waals surface area contributed by atoms with Gasteiger partial charge in [-0.3, -0.25) is 19.3 Å². The molecular weight excluding hydrogens is 390 g/mol. The van der Waals surface area contributed by atoms with Crippen molar-refractivity contribution in [1.82, 2.24) is 4.90 Å². The molecule has 0 spiro atoms. The fourth-order valence-corrected chi connectivity index (χ4v) is 4.19. The Labute approximate surface area is 176 Å². The summed E-state index contributed by atoms with van der Waals surface area (Å²) in [5.41, 5.74) is 1.04. The number of imide groups is 1. The van der Waals surface area contributed by atoms with E-state index in [2.05, 4.69) is 0 Å². The number of ether oxygens (including phenoxy) is 4. The summed E-state index contributed by atoms with van der Waals surface area (Å²) < 4.78 is 21.7. The first-order chi connectivity index (χ1) is 14.4. The molecule has 2 fully saturated rings. The fraction of sp³-hybridized carbons (Fsp3) is 0.591. The first-order valence-corrected chi connectivity index (χ1v) is 10.3. The molecule has 30 heavy (non-hydrogen) atoms. The van der Waals surface area contributed by atoms with Crippen LogP contribution in [-0.4, -0.2) is 61.8 Å². The van der Waals surface area contributed by atoms with Crippen LogP contribution in [0.3, 0.4) is 0 Å². The molecule has 3 rings (SSSR count). The van der Waals surface area contributed by atoms with Gasteiger partial charge in [0.05, 0.1) is 39.4 Å². The Morgan fingerprint density at radius 1 is 1.10 bits per heavy atom. The molecule has 1 saturated heterocycles. The predicted molar refractivity (Wildman–Crippen MR) is 107 cm³/mol. The van der Waals surface area contributed by atoms with Crippen molar-refractivity contribution in [3.63, 3.8) is 0 Å². The summed E-state index contributed by atoms with van der Waals surface area (Å²) in [6, 6.07) is 5.41. The third-order valence-corrected chi connectivity index (χ3v) is 5.62. The van der Waals surface area contributed by atoms with E-state index >= 15 is 0 Å². The predicted octanol–water partition coefficient (Wildman–Crippen LogP) is 2.26. The summed E-state index contributed by atoms with van der Waals surface area (Å²) >= 11 is 0. The number of hydrogen-bond acceptors (Lipinski definition) is 7. The standard InChI is InChI=1S/C22H29NO7/c1-14(24)30-20-13-21(25)23(22(20)26)16-6-4-5-7-17(16)29-11-10-15-8-9-18(27-2)19(12-15)28-3/h8-9,12,16-17,20H,4-7,10-11,13H2,1-3H3/t16?,17-,20-/m1/s1. The smallest absolute Gasteiger partial charge is 0.303 e. The summed E-state index contributed by atoms with van der Waals surface area (Å²) in [5, 5.41) is 0. The van der Waals surface area contributed by atoms with Gasteiger partial charge in [0.1, 0.15) is 0 Å². The number of benzene rings is 1. The zero-order valence-corrected chi connectivity index (χ0v) is 17.7. The summed E-state index contributed by atoms with van der Waals surface area (Å²) in [5.74, 6) is 0.0369. The van der Waals surface area contributed by atoms with Crippen LogP contribution in [-0.2, 0) is 30.3 Å². The van der Waals surface area contributed by atoms with Crippen LogP contribution >= 0.6 is 0 Å². The average Bonchev–Trinajstić information content (AvgIpc) is 3.00. The molecule has 164 valence electrons. The minimum absolute atomic E-state index is 0.0900. The van der Waals surface area contributed by atoms with Crippen LogP contribution in [0.4, 0.5) is 0 Å². The van der Waals surface area contributed by atoms with Crippen LogP contribution in [0.1, 0.15) is 44.6 Å². The Bertz CT molecular complexity index is 794. The van der Waals surface area contributed by atoms with Crippen LogP contribution in [0.15, 0.2) is 18.2 Å². The monoisotopic (exact) mass is 419 g/mol. The topological polar surface area (TPSA) is 91.4 Å². The highest BCUT2D eigenvalue weighted by Gasteiger charge is 2.47. The average molecular weight is 419 g/mol. The third-order valence-electron chi connectivity index (χ3n) is 5.62. The van der Waals surface area contributed by atoms with Crippen LogP contribution in [0.25, 0.3) is 0 Å². The molecular formula is C22H29NO7. The SMILES string of the molecule is COc1ccc(CCO[C@@H]2CCCCC2N2C(=O)C[C@@H](OC(C)=O)C2=O)cc1OC. The lowest BCUT2D eigenvalue weighted by atomic mass is 9.91. The maximum Gasteiger partial charge on any atom is 0.303 e. The van der Waals surface area contributed by atoms with Gasteiger partial charge in [-0.1, -0.05) is 18.9 Å². The van der Waals surface area contributed by atoms with Crippen LogP contribution < -0.4 is 9.47 Å². The quantitative estimate of drug-likeness (QED) is 0.471. The zero-order chi connectivity index (χ0) is 21.7. The van der Waals surface area contributed by atoms with Crippen LogP contribution in [0.2, 0.25) is 0 Å². The molecule has 1 aliphatic carbocycles. The van der Waals surface area contributed by atoms with Gasteiger partial charge in [-0.2, -0.15) is 0 Å². The molecule has 0 bridgehead atoms. The lowest BCUT2D eigenvalue weighted by Gasteiger charge is -2.36. The van der Waals surface area contributed by atoms with Gasteiger partial charge in [0.25, 0.3) is 5.91 Å². The van der Waals surface area contributed by atoms with E-state index in [1.54, 1.807) is 14.2 Å². The Morgan fingerprint density at radius 2 is 1.83 bits per heavy atom. The van der Waals surface area contributed by atoms with Gasteiger partial charge in [-0.15, -0.1) is 0 Å². The number of esters is 1. The van der Waals surface area contributed by atoms with Crippen molar-refractivity contribution in [3.8, 4) is 11.5 Å². The molecule has 2 amide bonds. The maximum absolute atomic E-state index is 12.7. The van der Waals surface area contributed by atoms with Crippen LogP contribution in [0, 0.1) is 0 Å². The number of amides is 2. The van der Waals surface area contributed by atoms with Crippen molar-refractivity contribution < 1.29 is 33.3 Å². The minimum atomic E-state index is -1.01. The molecule has 0 radical (unpaired) electrons. The van der Waals surface area contributed by atoms with Gasteiger partial charge in [-0.05, 0) is 37.0 Å². The van der Waals surface area contributed by atoms with Gasteiger partial charge in [0.2, 0.25) is 5.91 Å². The lowest BCUT2D eigenvalue weighted by Crippen LogP contribution is -2.50. The number of methoxy groups -OCH3 is 2. The van der Waals surface area contributed by atoms with E-state index in [9.17, 15) is 14.4 Å². The second-order valence-electron chi connectivity index (χ2n) is 7.60.